The molecule has 0 fully saturated rings. The van der Waals surface area contributed by atoms with Crippen molar-refractivity contribution >= 4 is 23.5 Å². The summed E-state index contributed by atoms with van der Waals surface area (Å²) < 4.78 is 9.98. The zero-order valence-electron chi connectivity index (χ0n) is 14.8. The van der Waals surface area contributed by atoms with Crippen LogP contribution >= 0.6 is 11.6 Å². The molecular formula is C19H22ClNO4. The largest absolute Gasteiger partial charge is 0.466 e. The van der Waals surface area contributed by atoms with Gasteiger partial charge in [0.25, 0.3) is 0 Å². The number of rotatable bonds is 5. The molecule has 0 amide bonds. The third-order valence-corrected chi connectivity index (χ3v) is 4.50. The molecule has 25 heavy (non-hydrogen) atoms. The first-order valence-electron chi connectivity index (χ1n) is 8.13. The molecule has 5 nitrogen and oxygen atoms in total. The molecule has 1 aliphatic rings. The van der Waals surface area contributed by atoms with Gasteiger partial charge in [-0.25, -0.2) is 9.59 Å². The van der Waals surface area contributed by atoms with Gasteiger partial charge in [0.2, 0.25) is 0 Å². The average molecular weight is 364 g/mol. The van der Waals surface area contributed by atoms with Crippen molar-refractivity contribution in [3.63, 3.8) is 0 Å². The Morgan fingerprint density at radius 1 is 0.960 bits per heavy atom. The summed E-state index contributed by atoms with van der Waals surface area (Å²) in [6.07, 6.45) is 1.21. The van der Waals surface area contributed by atoms with E-state index in [9.17, 15) is 9.59 Å². The van der Waals surface area contributed by atoms with Crippen molar-refractivity contribution in [3.8, 4) is 0 Å². The standard InChI is InChI=1S/C19H22ClNO4/c1-5-13-16(18(22)24-3)15(11-7-9-12(20)10-8-11)17(19(23)25-4)14(6-2)21-13/h7-10,15,21H,5-6H2,1-4H3. The van der Waals surface area contributed by atoms with E-state index in [1.54, 1.807) is 12.1 Å². The Kier molecular flexibility index (Phi) is 6.26. The Labute approximate surface area is 152 Å². The number of hydrogen-bond acceptors (Lipinski definition) is 5. The molecule has 0 spiro atoms. The fourth-order valence-corrected chi connectivity index (χ4v) is 3.18. The molecule has 0 saturated carbocycles. The van der Waals surface area contributed by atoms with Crippen molar-refractivity contribution in [1.82, 2.24) is 5.32 Å². The van der Waals surface area contributed by atoms with Gasteiger partial charge in [0.15, 0.2) is 0 Å². The van der Waals surface area contributed by atoms with Gasteiger partial charge in [-0.15, -0.1) is 0 Å². The van der Waals surface area contributed by atoms with Gasteiger partial charge in [0, 0.05) is 16.4 Å². The zero-order valence-corrected chi connectivity index (χ0v) is 15.6. The van der Waals surface area contributed by atoms with Crippen LogP contribution in [0.15, 0.2) is 46.8 Å². The van der Waals surface area contributed by atoms with Crippen LogP contribution < -0.4 is 5.32 Å². The van der Waals surface area contributed by atoms with Gasteiger partial charge in [-0.1, -0.05) is 37.6 Å². The quantitative estimate of drug-likeness (QED) is 0.808. The van der Waals surface area contributed by atoms with Crippen molar-refractivity contribution in [1.29, 1.82) is 0 Å². The second-order valence-corrected chi connectivity index (χ2v) is 6.02. The minimum absolute atomic E-state index is 0.421. The first-order chi connectivity index (χ1) is 12.0. The van der Waals surface area contributed by atoms with E-state index in [0.717, 1.165) is 17.0 Å². The Balaban J connectivity index is 2.74. The number of methoxy groups -OCH3 is 2. The van der Waals surface area contributed by atoms with Crippen molar-refractivity contribution < 1.29 is 19.1 Å². The SMILES string of the molecule is CCC1=C(C(=O)OC)C(c2ccc(Cl)cc2)C(C(=O)OC)=C(CC)N1. The van der Waals surface area contributed by atoms with E-state index in [1.165, 1.54) is 14.2 Å². The number of allylic oxidation sites excluding steroid dienone is 2. The molecule has 0 unspecified atom stereocenters. The molecule has 0 radical (unpaired) electrons. The van der Waals surface area contributed by atoms with Crippen LogP contribution in [0.4, 0.5) is 0 Å². The van der Waals surface area contributed by atoms with Crippen LogP contribution in [0.5, 0.6) is 0 Å². The summed E-state index contributed by atoms with van der Waals surface area (Å²) in [5, 5.41) is 3.81. The monoisotopic (exact) mass is 363 g/mol. The van der Waals surface area contributed by atoms with Crippen LogP contribution in [-0.2, 0) is 19.1 Å². The van der Waals surface area contributed by atoms with Gasteiger partial charge in [-0.2, -0.15) is 0 Å². The molecule has 1 aromatic carbocycles. The first kappa shape index (κ1) is 19.1. The summed E-state index contributed by atoms with van der Waals surface area (Å²) in [6, 6.07) is 7.09. The van der Waals surface area contributed by atoms with E-state index in [1.807, 2.05) is 26.0 Å². The summed E-state index contributed by atoms with van der Waals surface area (Å²) >= 11 is 6.00. The summed E-state index contributed by atoms with van der Waals surface area (Å²) in [6.45, 7) is 3.89. The Hall–Kier alpha value is -2.27. The van der Waals surface area contributed by atoms with Gasteiger partial charge >= 0.3 is 11.9 Å². The molecule has 0 aromatic heterocycles. The molecule has 0 atom stereocenters. The lowest BCUT2D eigenvalue weighted by molar-refractivity contribution is -0.137. The summed E-state index contributed by atoms with van der Waals surface area (Å²) in [4.78, 5) is 25.0. The van der Waals surface area contributed by atoms with Crippen LogP contribution in [0.3, 0.4) is 0 Å². The predicted octanol–water partition coefficient (Wildman–Crippen LogP) is 3.70. The van der Waals surface area contributed by atoms with Crippen molar-refractivity contribution in [2.24, 2.45) is 0 Å². The van der Waals surface area contributed by atoms with Gasteiger partial charge < -0.3 is 14.8 Å². The van der Waals surface area contributed by atoms with Crippen LogP contribution in [0.1, 0.15) is 38.2 Å². The van der Waals surface area contributed by atoms with Crippen LogP contribution in [-0.4, -0.2) is 26.2 Å². The van der Waals surface area contributed by atoms with Crippen molar-refractivity contribution in [2.75, 3.05) is 14.2 Å². The molecule has 1 heterocycles. The van der Waals surface area contributed by atoms with E-state index in [2.05, 4.69) is 5.32 Å². The number of halogens is 1. The van der Waals surface area contributed by atoms with Crippen molar-refractivity contribution in [2.45, 2.75) is 32.6 Å². The van der Waals surface area contributed by atoms with Crippen LogP contribution in [0, 0.1) is 0 Å². The fraction of sp³-hybridized carbons (Fsp3) is 0.368. The molecule has 1 aliphatic heterocycles. The number of hydrogen-bond donors (Lipinski definition) is 1. The number of carbonyl (C=O) groups excluding carboxylic acids is 2. The molecule has 6 heteroatoms. The Morgan fingerprint density at radius 3 is 1.76 bits per heavy atom. The summed E-state index contributed by atoms with van der Waals surface area (Å²) in [7, 11) is 2.66. The zero-order chi connectivity index (χ0) is 18.6. The lowest BCUT2D eigenvalue weighted by Crippen LogP contribution is -2.33. The van der Waals surface area contributed by atoms with Crippen molar-refractivity contribution in [3.05, 3.63) is 57.4 Å². The molecule has 0 bridgehead atoms. The second kappa shape index (κ2) is 8.21. The molecule has 0 saturated heterocycles. The highest BCUT2D eigenvalue weighted by Crippen LogP contribution is 2.40. The molecule has 1 N–H and O–H groups in total. The summed E-state index contributed by atoms with van der Waals surface area (Å²) in [5.41, 5.74) is 3.12. The number of carbonyl (C=O) groups is 2. The number of dihydropyridines is 1. The first-order valence-corrected chi connectivity index (χ1v) is 8.51. The van der Waals surface area contributed by atoms with E-state index in [-0.39, 0.29) is 0 Å². The summed E-state index contributed by atoms with van der Waals surface area (Å²) in [5.74, 6) is -1.51. The third-order valence-electron chi connectivity index (χ3n) is 4.25. The lowest BCUT2D eigenvalue weighted by atomic mass is 9.79. The topological polar surface area (TPSA) is 64.6 Å². The fourth-order valence-electron chi connectivity index (χ4n) is 3.06. The highest BCUT2D eigenvalue weighted by atomic mass is 35.5. The maximum absolute atomic E-state index is 12.5. The maximum Gasteiger partial charge on any atom is 0.336 e. The molecule has 1 aromatic rings. The number of benzene rings is 1. The lowest BCUT2D eigenvalue weighted by Gasteiger charge is -2.31. The van der Waals surface area contributed by atoms with Gasteiger partial charge in [0.05, 0.1) is 31.3 Å². The Morgan fingerprint density at radius 2 is 1.40 bits per heavy atom. The highest BCUT2D eigenvalue weighted by molar-refractivity contribution is 6.30. The average Bonchev–Trinajstić information content (AvgIpc) is 2.65. The Bertz CT molecular complexity index is 694. The van der Waals surface area contributed by atoms with Gasteiger partial charge in [-0.05, 0) is 30.5 Å². The second-order valence-electron chi connectivity index (χ2n) is 5.58. The van der Waals surface area contributed by atoms with Crippen LogP contribution in [0.2, 0.25) is 5.02 Å². The minimum Gasteiger partial charge on any atom is -0.466 e. The molecule has 0 aliphatic carbocycles. The van der Waals surface area contributed by atoms with Crippen LogP contribution in [0.25, 0.3) is 0 Å². The smallest absolute Gasteiger partial charge is 0.336 e. The maximum atomic E-state index is 12.5. The van der Waals surface area contributed by atoms with Gasteiger partial charge in [0.1, 0.15) is 0 Å². The molecular weight excluding hydrogens is 342 g/mol. The highest BCUT2D eigenvalue weighted by Gasteiger charge is 2.38. The van der Waals surface area contributed by atoms with E-state index < -0.39 is 17.9 Å². The minimum atomic E-state index is -0.566. The number of esters is 2. The van der Waals surface area contributed by atoms with E-state index >= 15 is 0 Å². The third kappa shape index (κ3) is 3.71. The number of nitrogens with one attached hydrogen (secondary N) is 1. The van der Waals surface area contributed by atoms with E-state index in [4.69, 9.17) is 21.1 Å². The number of ether oxygens (including phenoxy) is 2. The molecule has 134 valence electrons. The predicted molar refractivity (Wildman–Crippen MR) is 96.0 cm³/mol. The van der Waals surface area contributed by atoms with E-state index in [0.29, 0.717) is 29.0 Å². The van der Waals surface area contributed by atoms with Gasteiger partial charge in [-0.3, -0.25) is 0 Å². The normalized spacial score (nSPS) is 15.1. The molecule has 2 rings (SSSR count).